The number of ether oxygens (including phenoxy) is 1. The number of rotatable bonds is 4. The van der Waals surface area contributed by atoms with Gasteiger partial charge in [-0.3, -0.25) is 9.69 Å². The summed E-state index contributed by atoms with van der Waals surface area (Å²) >= 11 is 0. The van der Waals surface area contributed by atoms with Gasteiger partial charge in [0, 0.05) is 13.1 Å². The van der Waals surface area contributed by atoms with Crippen LogP contribution in [0.5, 0.6) is 0 Å². The van der Waals surface area contributed by atoms with E-state index in [0.717, 1.165) is 44.3 Å². The van der Waals surface area contributed by atoms with E-state index < -0.39 is 0 Å². The molecule has 1 unspecified atom stereocenters. The summed E-state index contributed by atoms with van der Waals surface area (Å²) in [5.41, 5.74) is 2.13. The molecule has 0 radical (unpaired) electrons. The topological polar surface area (TPSA) is 29.5 Å². The molecule has 21 heavy (non-hydrogen) atoms. The van der Waals surface area contributed by atoms with E-state index in [1.165, 1.54) is 12.8 Å². The molecule has 4 rings (SSSR count). The van der Waals surface area contributed by atoms with Gasteiger partial charge in [0.05, 0.1) is 12.5 Å². The molecule has 0 aromatic carbocycles. The molecule has 118 valence electrons. The molecule has 3 atom stereocenters. The van der Waals surface area contributed by atoms with Crippen LogP contribution in [0.15, 0.2) is 11.6 Å². The lowest BCUT2D eigenvalue weighted by Crippen LogP contribution is -2.50. The Labute approximate surface area is 128 Å². The summed E-state index contributed by atoms with van der Waals surface area (Å²) in [6.07, 6.45) is 7.23. The van der Waals surface area contributed by atoms with Crippen molar-refractivity contribution >= 4 is 5.97 Å². The fourth-order valence-corrected chi connectivity index (χ4v) is 4.57. The van der Waals surface area contributed by atoms with Gasteiger partial charge in [-0.2, -0.15) is 0 Å². The minimum Gasteiger partial charge on any atom is -0.466 e. The first-order valence-corrected chi connectivity index (χ1v) is 8.60. The van der Waals surface area contributed by atoms with Gasteiger partial charge in [-0.05, 0) is 56.4 Å². The molecule has 0 spiro atoms. The van der Waals surface area contributed by atoms with E-state index in [-0.39, 0.29) is 11.9 Å². The van der Waals surface area contributed by atoms with Gasteiger partial charge in [-0.15, -0.1) is 0 Å². The van der Waals surface area contributed by atoms with Crippen molar-refractivity contribution in [2.75, 3.05) is 26.2 Å². The average Bonchev–Trinajstić information content (AvgIpc) is 2.47. The molecule has 1 heterocycles. The first-order valence-electron chi connectivity index (χ1n) is 8.60. The highest BCUT2D eigenvalue weighted by Crippen LogP contribution is 2.59. The lowest BCUT2D eigenvalue weighted by Gasteiger charge is -2.57. The number of hydrogen-bond acceptors (Lipinski definition) is 3. The number of fused-ring (bicyclic) bond motifs is 1. The van der Waals surface area contributed by atoms with Crippen LogP contribution in [0, 0.1) is 23.2 Å². The fraction of sp³-hybridized carbons (Fsp3) is 0.833. The maximum absolute atomic E-state index is 11.9. The Bertz CT molecular complexity index is 440. The number of nitrogens with zero attached hydrogens (tertiary/aromatic N) is 1. The van der Waals surface area contributed by atoms with Crippen LogP contribution in [0.1, 0.15) is 46.5 Å². The Hall–Kier alpha value is -0.830. The maximum atomic E-state index is 11.9. The van der Waals surface area contributed by atoms with Gasteiger partial charge in [-0.25, -0.2) is 0 Å². The number of likely N-dealkylation sites (tertiary alicyclic amines) is 1. The molecule has 1 saturated heterocycles. The number of carbonyl (C=O) groups is 1. The summed E-state index contributed by atoms with van der Waals surface area (Å²) in [5, 5.41) is 0. The Morgan fingerprint density at radius 1 is 1.48 bits per heavy atom. The highest BCUT2D eigenvalue weighted by atomic mass is 16.5. The molecule has 0 amide bonds. The van der Waals surface area contributed by atoms with Crippen molar-refractivity contribution in [1.82, 2.24) is 4.90 Å². The summed E-state index contributed by atoms with van der Waals surface area (Å²) in [5.74, 6) is 1.77. The monoisotopic (exact) mass is 291 g/mol. The summed E-state index contributed by atoms with van der Waals surface area (Å²) in [7, 11) is 0. The minimum absolute atomic E-state index is 0.00358. The molecule has 1 saturated carbocycles. The Morgan fingerprint density at radius 2 is 2.29 bits per heavy atom. The van der Waals surface area contributed by atoms with E-state index in [9.17, 15) is 4.79 Å². The van der Waals surface area contributed by atoms with Gasteiger partial charge >= 0.3 is 5.97 Å². The molecular weight excluding hydrogens is 262 g/mol. The van der Waals surface area contributed by atoms with Crippen molar-refractivity contribution in [2.45, 2.75) is 46.5 Å². The number of piperidine rings is 1. The van der Waals surface area contributed by atoms with Crippen LogP contribution in [0.2, 0.25) is 0 Å². The molecule has 2 bridgehead atoms. The molecule has 4 aliphatic rings. The summed E-state index contributed by atoms with van der Waals surface area (Å²) in [4.78, 5) is 14.4. The van der Waals surface area contributed by atoms with Crippen LogP contribution in [-0.2, 0) is 9.53 Å². The first-order chi connectivity index (χ1) is 10.0. The third kappa shape index (κ3) is 2.77. The number of esters is 1. The van der Waals surface area contributed by atoms with E-state index >= 15 is 0 Å². The van der Waals surface area contributed by atoms with Crippen LogP contribution >= 0.6 is 0 Å². The lowest BCUT2D eigenvalue weighted by atomic mass is 9.49. The molecule has 3 nitrogen and oxygen atoms in total. The molecule has 3 aliphatic carbocycles. The summed E-state index contributed by atoms with van der Waals surface area (Å²) in [6, 6.07) is 0. The zero-order valence-electron chi connectivity index (χ0n) is 13.7. The maximum Gasteiger partial charge on any atom is 0.310 e. The second kappa shape index (κ2) is 5.75. The van der Waals surface area contributed by atoms with Crippen molar-refractivity contribution in [3.8, 4) is 0 Å². The predicted octanol–water partition coefficient (Wildman–Crippen LogP) is 3.25. The summed E-state index contributed by atoms with van der Waals surface area (Å²) in [6.45, 7) is 10.3. The van der Waals surface area contributed by atoms with Gasteiger partial charge in [0.2, 0.25) is 0 Å². The smallest absolute Gasteiger partial charge is 0.310 e. The third-order valence-corrected chi connectivity index (χ3v) is 6.11. The number of allylic oxidation sites excluding steroid dienone is 1. The Kier molecular flexibility index (Phi) is 4.13. The highest BCUT2D eigenvalue weighted by Gasteiger charge is 2.51. The normalized spacial score (nSPS) is 34.8. The molecule has 1 aliphatic heterocycles. The molecular formula is C18H29NO2. The first kappa shape index (κ1) is 15.1. The van der Waals surface area contributed by atoms with Crippen molar-refractivity contribution in [3.63, 3.8) is 0 Å². The van der Waals surface area contributed by atoms with Gasteiger partial charge in [0.15, 0.2) is 0 Å². The van der Waals surface area contributed by atoms with Crippen LogP contribution in [0.4, 0.5) is 0 Å². The van der Waals surface area contributed by atoms with Crippen LogP contribution in [-0.4, -0.2) is 37.1 Å². The SMILES string of the molecule is CCOC(=O)C1CCCN(CC2=CC[C@H]3C[C@@H]2C3(C)C)C1. The van der Waals surface area contributed by atoms with Gasteiger partial charge in [-0.1, -0.05) is 25.5 Å². The highest BCUT2D eigenvalue weighted by molar-refractivity contribution is 5.72. The summed E-state index contributed by atoms with van der Waals surface area (Å²) < 4.78 is 5.20. The van der Waals surface area contributed by atoms with E-state index in [1.807, 2.05) is 6.92 Å². The zero-order valence-corrected chi connectivity index (χ0v) is 13.7. The van der Waals surface area contributed by atoms with Gasteiger partial charge < -0.3 is 4.74 Å². The van der Waals surface area contributed by atoms with Crippen molar-refractivity contribution in [1.29, 1.82) is 0 Å². The van der Waals surface area contributed by atoms with Crippen molar-refractivity contribution in [3.05, 3.63) is 11.6 Å². The number of hydrogen-bond donors (Lipinski definition) is 0. The predicted molar refractivity (Wildman–Crippen MR) is 83.9 cm³/mol. The molecule has 0 aromatic rings. The second-order valence-corrected chi connectivity index (χ2v) is 7.65. The zero-order chi connectivity index (χ0) is 15.0. The van der Waals surface area contributed by atoms with E-state index in [2.05, 4.69) is 24.8 Å². The average molecular weight is 291 g/mol. The molecule has 2 fully saturated rings. The van der Waals surface area contributed by atoms with Crippen LogP contribution < -0.4 is 0 Å². The molecule has 3 heteroatoms. The van der Waals surface area contributed by atoms with Gasteiger partial charge in [0.25, 0.3) is 0 Å². The van der Waals surface area contributed by atoms with E-state index in [4.69, 9.17) is 4.74 Å². The third-order valence-electron chi connectivity index (χ3n) is 6.11. The second-order valence-electron chi connectivity index (χ2n) is 7.65. The van der Waals surface area contributed by atoms with E-state index in [0.29, 0.717) is 12.0 Å². The molecule has 0 aromatic heterocycles. The van der Waals surface area contributed by atoms with Crippen LogP contribution in [0.25, 0.3) is 0 Å². The lowest BCUT2D eigenvalue weighted by molar-refractivity contribution is -0.149. The molecule has 0 N–H and O–H groups in total. The Balaban J connectivity index is 1.58. The quantitative estimate of drug-likeness (QED) is 0.588. The fourth-order valence-electron chi connectivity index (χ4n) is 4.57. The standard InChI is InChI=1S/C18H29NO2/c1-4-21-17(20)14-6-5-9-19(12-14)11-13-7-8-15-10-16(13)18(15,2)3/h7,14-16H,4-6,8-12H2,1-3H3/t14?,15-,16-/m0/s1. The Morgan fingerprint density at radius 3 is 2.95 bits per heavy atom. The van der Waals surface area contributed by atoms with Crippen molar-refractivity contribution in [2.24, 2.45) is 23.2 Å². The minimum atomic E-state index is 0.00358. The largest absolute Gasteiger partial charge is 0.466 e. The van der Waals surface area contributed by atoms with Crippen molar-refractivity contribution < 1.29 is 9.53 Å². The van der Waals surface area contributed by atoms with Gasteiger partial charge in [0.1, 0.15) is 0 Å². The van der Waals surface area contributed by atoms with E-state index in [1.54, 1.807) is 5.57 Å². The van der Waals surface area contributed by atoms with Crippen LogP contribution in [0.3, 0.4) is 0 Å². The number of carbonyl (C=O) groups excluding carboxylic acids is 1.